The van der Waals surface area contributed by atoms with Crippen LogP contribution in [0.15, 0.2) is 89.1 Å². The Balaban J connectivity index is 1.53. The summed E-state index contributed by atoms with van der Waals surface area (Å²) in [6, 6.07) is 25.2. The van der Waals surface area contributed by atoms with Crippen molar-refractivity contribution < 1.29 is 14.1 Å². The van der Waals surface area contributed by atoms with Gasteiger partial charge in [0.2, 0.25) is 5.82 Å². The van der Waals surface area contributed by atoms with Crippen LogP contribution in [0, 0.1) is 0 Å². The molecule has 4 aromatic rings. The van der Waals surface area contributed by atoms with Gasteiger partial charge in [-0.05, 0) is 49.1 Å². The molecule has 2 amide bonds. The number of carbonyl (C=O) groups excluding carboxylic acids is 1. The summed E-state index contributed by atoms with van der Waals surface area (Å²) in [4.78, 5) is 19.8. The van der Waals surface area contributed by atoms with Crippen molar-refractivity contribution in [3.05, 3.63) is 107 Å². The van der Waals surface area contributed by atoms with Gasteiger partial charge in [0.15, 0.2) is 0 Å². The molecule has 1 atom stereocenters. The van der Waals surface area contributed by atoms with Crippen LogP contribution in [0.5, 0.6) is 5.75 Å². The first-order valence-electron chi connectivity index (χ1n) is 12.6. The predicted octanol–water partition coefficient (Wildman–Crippen LogP) is 6.40. The maximum Gasteiger partial charge on any atom is 0.322 e. The van der Waals surface area contributed by atoms with E-state index in [-0.39, 0.29) is 6.03 Å². The van der Waals surface area contributed by atoms with Crippen LogP contribution in [0.1, 0.15) is 49.4 Å². The van der Waals surface area contributed by atoms with Crippen molar-refractivity contribution >= 4 is 11.6 Å². The summed E-state index contributed by atoms with van der Waals surface area (Å²) in [6.45, 7) is 7.01. The van der Waals surface area contributed by atoms with Gasteiger partial charge >= 0.3 is 6.03 Å². The number of rotatable bonds is 8. The first kappa shape index (κ1) is 24.3. The van der Waals surface area contributed by atoms with Gasteiger partial charge in [0, 0.05) is 11.3 Å². The highest BCUT2D eigenvalue weighted by atomic mass is 16.5. The van der Waals surface area contributed by atoms with Gasteiger partial charge in [0.25, 0.3) is 5.89 Å². The van der Waals surface area contributed by atoms with Crippen molar-refractivity contribution in [3.8, 4) is 17.1 Å². The topological polar surface area (TPSA) is 80.5 Å². The zero-order chi connectivity index (χ0) is 25.8. The number of hydrogen-bond acceptors (Lipinski definition) is 5. The van der Waals surface area contributed by atoms with E-state index in [1.54, 1.807) is 4.90 Å². The first-order valence-corrected chi connectivity index (χ1v) is 12.6. The number of ether oxygens (including phenoxy) is 1. The van der Waals surface area contributed by atoms with Crippen molar-refractivity contribution in [1.82, 2.24) is 20.4 Å². The zero-order valence-corrected chi connectivity index (χ0v) is 21.3. The summed E-state index contributed by atoms with van der Waals surface area (Å²) in [6.07, 6.45) is 0.965. The lowest BCUT2D eigenvalue weighted by atomic mass is 9.94. The quantitative estimate of drug-likeness (QED) is 0.307. The molecule has 1 unspecified atom stereocenters. The summed E-state index contributed by atoms with van der Waals surface area (Å²) in [5, 5.41) is 7.42. The lowest BCUT2D eigenvalue weighted by Crippen LogP contribution is -2.45. The van der Waals surface area contributed by atoms with Gasteiger partial charge < -0.3 is 14.6 Å². The number of nitrogens with zero attached hydrogens (tertiary/aromatic N) is 3. The van der Waals surface area contributed by atoms with Crippen molar-refractivity contribution in [3.63, 3.8) is 0 Å². The SMILES string of the molecule is CCOc1ccc(CN2C(=O)NC(c3ccccc3)C(c3nc(-c4ccc(CC)cc4)no3)=C2C)cc1. The molecule has 188 valence electrons. The van der Waals surface area contributed by atoms with Gasteiger partial charge in [-0.2, -0.15) is 4.98 Å². The molecule has 0 spiro atoms. The van der Waals surface area contributed by atoms with E-state index < -0.39 is 6.04 Å². The van der Waals surface area contributed by atoms with E-state index >= 15 is 0 Å². The number of aromatic nitrogens is 2. The summed E-state index contributed by atoms with van der Waals surface area (Å²) in [7, 11) is 0. The summed E-state index contributed by atoms with van der Waals surface area (Å²) in [5.41, 5.74) is 5.60. The van der Waals surface area contributed by atoms with Gasteiger partial charge in [-0.1, -0.05) is 78.8 Å². The molecule has 1 aromatic heterocycles. The molecule has 3 aromatic carbocycles. The van der Waals surface area contributed by atoms with Crippen LogP contribution in [-0.2, 0) is 13.0 Å². The fourth-order valence-corrected chi connectivity index (χ4v) is 4.52. The minimum Gasteiger partial charge on any atom is -0.494 e. The highest BCUT2D eigenvalue weighted by Crippen LogP contribution is 2.38. The molecule has 7 nitrogen and oxygen atoms in total. The van der Waals surface area contributed by atoms with Crippen LogP contribution < -0.4 is 10.1 Å². The molecule has 0 saturated heterocycles. The van der Waals surface area contributed by atoms with Gasteiger partial charge in [-0.3, -0.25) is 4.90 Å². The van der Waals surface area contributed by atoms with Crippen LogP contribution in [0.2, 0.25) is 0 Å². The number of carbonyl (C=O) groups is 1. The van der Waals surface area contributed by atoms with Crippen LogP contribution in [0.25, 0.3) is 17.0 Å². The van der Waals surface area contributed by atoms with E-state index in [2.05, 4.69) is 29.5 Å². The number of allylic oxidation sites excluding steroid dienone is 1. The van der Waals surface area contributed by atoms with Gasteiger partial charge in [-0.25, -0.2) is 4.79 Å². The van der Waals surface area contributed by atoms with E-state index in [1.807, 2.05) is 80.6 Å². The first-order chi connectivity index (χ1) is 18.1. The summed E-state index contributed by atoms with van der Waals surface area (Å²) in [5.74, 6) is 1.70. The highest BCUT2D eigenvalue weighted by Gasteiger charge is 2.35. The lowest BCUT2D eigenvalue weighted by molar-refractivity contribution is 0.203. The summed E-state index contributed by atoms with van der Waals surface area (Å²) < 4.78 is 11.4. The average Bonchev–Trinajstić information content (AvgIpc) is 3.42. The van der Waals surface area contributed by atoms with Crippen LogP contribution in [-0.4, -0.2) is 27.7 Å². The zero-order valence-electron chi connectivity index (χ0n) is 21.3. The Bertz CT molecular complexity index is 1390. The standard InChI is InChI=1S/C30H30N4O3/c1-4-21-11-15-24(16-12-21)28-32-29(37-33-28)26-20(3)34(19-22-13-17-25(18-14-22)36-5-2)30(35)31-27(26)23-9-7-6-8-10-23/h6-18,27H,4-5,19H2,1-3H3,(H,31,35). The fourth-order valence-electron chi connectivity index (χ4n) is 4.52. The third kappa shape index (κ3) is 5.11. The third-order valence-corrected chi connectivity index (χ3v) is 6.58. The second-order valence-electron chi connectivity index (χ2n) is 8.93. The minimum absolute atomic E-state index is 0.182. The molecule has 37 heavy (non-hydrogen) atoms. The molecule has 1 aliphatic heterocycles. The van der Waals surface area contributed by atoms with Crippen LogP contribution in [0.4, 0.5) is 4.79 Å². The summed E-state index contributed by atoms with van der Waals surface area (Å²) >= 11 is 0. The Kier molecular flexibility index (Phi) is 7.03. The molecule has 0 fully saturated rings. The van der Waals surface area contributed by atoms with E-state index in [9.17, 15) is 4.79 Å². The van der Waals surface area contributed by atoms with Crippen molar-refractivity contribution in [2.24, 2.45) is 0 Å². The van der Waals surface area contributed by atoms with Crippen molar-refractivity contribution in [2.75, 3.05) is 6.61 Å². The van der Waals surface area contributed by atoms with Crippen LogP contribution in [0.3, 0.4) is 0 Å². The molecule has 5 rings (SSSR count). The number of nitrogens with one attached hydrogen (secondary N) is 1. The number of aryl methyl sites for hydroxylation is 1. The second-order valence-corrected chi connectivity index (χ2v) is 8.93. The van der Waals surface area contributed by atoms with Gasteiger partial charge in [0.1, 0.15) is 5.75 Å². The maximum absolute atomic E-state index is 13.3. The molecule has 2 heterocycles. The van der Waals surface area contributed by atoms with E-state index in [1.165, 1.54) is 5.56 Å². The van der Waals surface area contributed by atoms with Gasteiger partial charge in [0.05, 0.1) is 24.8 Å². The smallest absolute Gasteiger partial charge is 0.322 e. The Hall–Kier alpha value is -4.39. The minimum atomic E-state index is -0.416. The number of benzene rings is 3. The predicted molar refractivity (Wildman–Crippen MR) is 143 cm³/mol. The lowest BCUT2D eigenvalue weighted by Gasteiger charge is -2.35. The van der Waals surface area contributed by atoms with E-state index in [0.29, 0.717) is 24.9 Å². The molecular formula is C30H30N4O3. The molecule has 1 N–H and O–H groups in total. The molecular weight excluding hydrogens is 464 g/mol. The highest BCUT2D eigenvalue weighted by molar-refractivity contribution is 5.86. The third-order valence-electron chi connectivity index (χ3n) is 6.58. The fraction of sp³-hybridized carbons (Fsp3) is 0.233. The molecule has 0 radical (unpaired) electrons. The van der Waals surface area contributed by atoms with Crippen molar-refractivity contribution in [2.45, 2.75) is 39.8 Å². The largest absolute Gasteiger partial charge is 0.494 e. The van der Waals surface area contributed by atoms with E-state index in [4.69, 9.17) is 14.2 Å². The maximum atomic E-state index is 13.3. The second kappa shape index (κ2) is 10.7. The van der Waals surface area contributed by atoms with Crippen LogP contribution >= 0.6 is 0 Å². The molecule has 0 saturated carbocycles. The number of amides is 2. The monoisotopic (exact) mass is 494 g/mol. The molecule has 7 heteroatoms. The average molecular weight is 495 g/mol. The van der Waals surface area contributed by atoms with Gasteiger partial charge in [-0.15, -0.1) is 0 Å². The molecule has 1 aliphatic rings. The Morgan fingerprint density at radius 2 is 1.65 bits per heavy atom. The molecule has 0 bridgehead atoms. The Morgan fingerprint density at radius 1 is 0.946 bits per heavy atom. The normalized spacial score (nSPS) is 15.6. The molecule has 0 aliphatic carbocycles. The number of hydrogen-bond donors (Lipinski definition) is 1. The van der Waals surface area contributed by atoms with Crippen molar-refractivity contribution in [1.29, 1.82) is 0 Å². The Labute approximate surface area is 216 Å². The van der Waals surface area contributed by atoms with E-state index in [0.717, 1.165) is 40.1 Å². The Morgan fingerprint density at radius 3 is 2.32 bits per heavy atom. The number of urea groups is 1.